The molecule has 0 saturated heterocycles. The number of carbonyl (C=O) groups is 1. The Morgan fingerprint density at radius 2 is 1.81 bits per heavy atom. The third-order valence-electron chi connectivity index (χ3n) is 3.91. The van der Waals surface area contributed by atoms with Crippen molar-refractivity contribution in [3.05, 3.63) is 48.5 Å². The highest BCUT2D eigenvalue weighted by atomic mass is 32.2. The zero-order valence-corrected chi connectivity index (χ0v) is 18.9. The molecule has 2 N–H and O–H groups in total. The summed E-state index contributed by atoms with van der Waals surface area (Å²) in [5, 5.41) is 14.9. The van der Waals surface area contributed by atoms with Gasteiger partial charge in [0.25, 0.3) is 0 Å². The lowest BCUT2D eigenvalue weighted by atomic mass is 10.3. The first kappa shape index (κ1) is 22.7. The van der Waals surface area contributed by atoms with Gasteiger partial charge in [0, 0.05) is 0 Å². The van der Waals surface area contributed by atoms with Crippen LogP contribution in [0.1, 0.15) is 6.92 Å². The SMILES string of the molecule is CCOc1ccc(OCCNC(=O)CSc2nnc(Nc3ccccc3OC)s2)cc1. The van der Waals surface area contributed by atoms with E-state index < -0.39 is 0 Å². The number of rotatable bonds is 12. The van der Waals surface area contributed by atoms with Gasteiger partial charge in [-0.25, -0.2) is 0 Å². The molecular formula is C21H24N4O4S2. The van der Waals surface area contributed by atoms with E-state index >= 15 is 0 Å². The van der Waals surface area contributed by atoms with E-state index in [0.29, 0.717) is 29.2 Å². The number of nitrogens with zero attached hydrogens (tertiary/aromatic N) is 2. The molecule has 1 amide bonds. The number of anilines is 2. The van der Waals surface area contributed by atoms with E-state index in [1.54, 1.807) is 7.11 Å². The van der Waals surface area contributed by atoms with E-state index in [1.165, 1.54) is 23.1 Å². The Labute approximate surface area is 189 Å². The Hall–Kier alpha value is -2.98. The van der Waals surface area contributed by atoms with Crippen molar-refractivity contribution in [1.29, 1.82) is 0 Å². The highest BCUT2D eigenvalue weighted by Crippen LogP contribution is 2.31. The molecule has 1 aromatic heterocycles. The van der Waals surface area contributed by atoms with Crippen LogP contribution in [0.15, 0.2) is 52.9 Å². The van der Waals surface area contributed by atoms with E-state index in [2.05, 4.69) is 20.8 Å². The van der Waals surface area contributed by atoms with Gasteiger partial charge in [-0.05, 0) is 43.3 Å². The third-order valence-corrected chi connectivity index (χ3v) is 5.88. The summed E-state index contributed by atoms with van der Waals surface area (Å²) in [5.74, 6) is 2.43. The summed E-state index contributed by atoms with van der Waals surface area (Å²) in [5.41, 5.74) is 0.808. The van der Waals surface area contributed by atoms with Crippen LogP contribution in [0.5, 0.6) is 17.2 Å². The lowest BCUT2D eigenvalue weighted by Gasteiger charge is -2.08. The van der Waals surface area contributed by atoms with Crippen LogP contribution >= 0.6 is 23.1 Å². The fourth-order valence-corrected chi connectivity index (χ4v) is 4.11. The van der Waals surface area contributed by atoms with Crippen LogP contribution in [0, 0.1) is 0 Å². The van der Waals surface area contributed by atoms with Gasteiger partial charge in [-0.15, -0.1) is 10.2 Å². The maximum atomic E-state index is 12.0. The van der Waals surface area contributed by atoms with Crippen LogP contribution < -0.4 is 24.8 Å². The van der Waals surface area contributed by atoms with Crippen molar-refractivity contribution in [2.45, 2.75) is 11.3 Å². The van der Waals surface area contributed by atoms with Crippen LogP contribution in [0.3, 0.4) is 0 Å². The number of hydrogen-bond acceptors (Lipinski definition) is 9. The number of carbonyl (C=O) groups excluding carboxylic acids is 1. The lowest BCUT2D eigenvalue weighted by Crippen LogP contribution is -2.29. The number of aromatic nitrogens is 2. The minimum atomic E-state index is -0.0882. The largest absolute Gasteiger partial charge is 0.495 e. The first-order valence-electron chi connectivity index (χ1n) is 9.66. The molecule has 0 spiro atoms. The second-order valence-electron chi connectivity index (χ2n) is 6.09. The van der Waals surface area contributed by atoms with Crippen LogP contribution in [0.4, 0.5) is 10.8 Å². The molecular weight excluding hydrogens is 436 g/mol. The van der Waals surface area contributed by atoms with Gasteiger partial charge in [-0.1, -0.05) is 35.2 Å². The molecule has 8 nitrogen and oxygen atoms in total. The Morgan fingerprint density at radius 3 is 2.55 bits per heavy atom. The number of benzene rings is 2. The van der Waals surface area contributed by atoms with E-state index in [4.69, 9.17) is 14.2 Å². The van der Waals surface area contributed by atoms with Gasteiger partial charge in [-0.3, -0.25) is 4.79 Å². The van der Waals surface area contributed by atoms with E-state index in [-0.39, 0.29) is 11.7 Å². The molecule has 0 fully saturated rings. The molecule has 31 heavy (non-hydrogen) atoms. The van der Waals surface area contributed by atoms with Crippen molar-refractivity contribution in [1.82, 2.24) is 15.5 Å². The molecule has 0 radical (unpaired) electrons. The Morgan fingerprint density at radius 1 is 1.06 bits per heavy atom. The normalized spacial score (nSPS) is 10.4. The van der Waals surface area contributed by atoms with Gasteiger partial charge >= 0.3 is 0 Å². The van der Waals surface area contributed by atoms with Gasteiger partial charge in [0.05, 0.1) is 31.7 Å². The predicted molar refractivity (Wildman–Crippen MR) is 123 cm³/mol. The first-order valence-corrected chi connectivity index (χ1v) is 11.5. The Balaban J connectivity index is 1.35. The smallest absolute Gasteiger partial charge is 0.230 e. The van der Waals surface area contributed by atoms with Crippen LogP contribution in [-0.4, -0.2) is 48.7 Å². The number of amides is 1. The number of thioether (sulfide) groups is 1. The van der Waals surface area contributed by atoms with Gasteiger partial charge in [0.2, 0.25) is 11.0 Å². The fourth-order valence-electron chi connectivity index (χ4n) is 2.52. The van der Waals surface area contributed by atoms with Gasteiger partial charge < -0.3 is 24.8 Å². The standard InChI is InChI=1S/C21H24N4O4S2/c1-3-28-15-8-10-16(11-9-15)29-13-12-22-19(26)14-30-21-25-24-20(31-21)23-17-6-4-5-7-18(17)27-2/h4-11H,3,12-14H2,1-2H3,(H,22,26)(H,23,24). The van der Waals surface area contributed by atoms with E-state index in [0.717, 1.165) is 22.9 Å². The summed E-state index contributed by atoms with van der Waals surface area (Å²) in [4.78, 5) is 12.0. The molecule has 0 aliphatic heterocycles. The highest BCUT2D eigenvalue weighted by Gasteiger charge is 2.10. The fraction of sp³-hybridized carbons (Fsp3) is 0.286. The zero-order valence-electron chi connectivity index (χ0n) is 17.3. The molecule has 0 unspecified atom stereocenters. The molecule has 164 valence electrons. The molecule has 0 saturated carbocycles. The molecule has 10 heteroatoms. The quantitative estimate of drug-likeness (QED) is 0.310. The van der Waals surface area contributed by atoms with Crippen LogP contribution in [0.2, 0.25) is 0 Å². The van der Waals surface area contributed by atoms with E-state index in [9.17, 15) is 4.79 Å². The van der Waals surface area contributed by atoms with Crippen molar-refractivity contribution in [2.75, 3.05) is 37.9 Å². The summed E-state index contributed by atoms with van der Waals surface area (Å²) >= 11 is 2.72. The Kier molecular flexibility index (Phi) is 8.80. The summed E-state index contributed by atoms with van der Waals surface area (Å²) < 4.78 is 17.0. The molecule has 3 rings (SSSR count). The van der Waals surface area contributed by atoms with E-state index in [1.807, 2.05) is 55.5 Å². The summed E-state index contributed by atoms with van der Waals surface area (Å²) in [6.07, 6.45) is 0. The van der Waals surface area contributed by atoms with Crippen molar-refractivity contribution in [3.8, 4) is 17.2 Å². The number of ether oxygens (including phenoxy) is 3. The van der Waals surface area contributed by atoms with Crippen molar-refractivity contribution in [2.24, 2.45) is 0 Å². The molecule has 3 aromatic rings. The van der Waals surface area contributed by atoms with Gasteiger partial charge in [0.15, 0.2) is 4.34 Å². The second kappa shape index (κ2) is 12.0. The number of para-hydroxylation sites is 2. The summed E-state index contributed by atoms with van der Waals surface area (Å²) in [6, 6.07) is 15.0. The van der Waals surface area contributed by atoms with Crippen LogP contribution in [-0.2, 0) is 4.79 Å². The number of methoxy groups -OCH3 is 1. The molecule has 2 aromatic carbocycles. The van der Waals surface area contributed by atoms with Crippen molar-refractivity contribution in [3.63, 3.8) is 0 Å². The highest BCUT2D eigenvalue weighted by molar-refractivity contribution is 8.01. The zero-order chi connectivity index (χ0) is 21.9. The Bertz CT molecular complexity index is 966. The summed E-state index contributed by atoms with van der Waals surface area (Å²) in [7, 11) is 1.61. The number of nitrogens with one attached hydrogen (secondary N) is 2. The molecule has 0 atom stereocenters. The minimum Gasteiger partial charge on any atom is -0.495 e. The van der Waals surface area contributed by atoms with Gasteiger partial charge in [0.1, 0.15) is 23.9 Å². The van der Waals surface area contributed by atoms with Crippen LogP contribution in [0.25, 0.3) is 0 Å². The predicted octanol–water partition coefficient (Wildman–Crippen LogP) is 3.98. The van der Waals surface area contributed by atoms with Gasteiger partial charge in [-0.2, -0.15) is 0 Å². The lowest BCUT2D eigenvalue weighted by molar-refractivity contribution is -0.118. The topological polar surface area (TPSA) is 94.6 Å². The average molecular weight is 461 g/mol. The average Bonchev–Trinajstić information content (AvgIpc) is 3.24. The maximum Gasteiger partial charge on any atom is 0.230 e. The minimum absolute atomic E-state index is 0.0882. The second-order valence-corrected chi connectivity index (χ2v) is 8.29. The number of hydrogen-bond donors (Lipinski definition) is 2. The molecule has 0 bridgehead atoms. The maximum absolute atomic E-state index is 12.0. The van der Waals surface area contributed by atoms with Crippen molar-refractivity contribution >= 4 is 39.8 Å². The molecule has 1 heterocycles. The van der Waals surface area contributed by atoms with Crippen molar-refractivity contribution < 1.29 is 19.0 Å². The third kappa shape index (κ3) is 7.34. The monoisotopic (exact) mass is 460 g/mol. The molecule has 0 aliphatic rings. The molecule has 0 aliphatic carbocycles. The summed E-state index contributed by atoms with van der Waals surface area (Å²) in [6.45, 7) is 3.37. The first-order chi connectivity index (χ1) is 15.2.